The molecule has 5 nitrogen and oxygen atoms in total. The molecule has 4 rings (SSSR count). The minimum Gasteiger partial charge on any atom is -0.871 e. The molecule has 0 saturated heterocycles. The Balaban J connectivity index is 0.00000171. The number of hydrogen-bond acceptors (Lipinski definition) is 5. The minimum absolute atomic E-state index is 0. The molecule has 2 aromatic carbocycles. The third-order valence-corrected chi connectivity index (χ3v) is 7.04. The van der Waals surface area contributed by atoms with Crippen LogP contribution in [0.25, 0.3) is 33.4 Å². The van der Waals surface area contributed by atoms with Gasteiger partial charge in [-0.05, 0) is 65.5 Å². The molecule has 0 fully saturated rings. The smallest absolute Gasteiger partial charge is 0.871 e. The minimum atomic E-state index is -1.35. The summed E-state index contributed by atoms with van der Waals surface area (Å²) in [5.41, 5.74) is 1.17. The summed E-state index contributed by atoms with van der Waals surface area (Å²) >= 11 is 13.0. The van der Waals surface area contributed by atoms with Crippen molar-refractivity contribution in [3.63, 3.8) is 0 Å². The molecule has 2 aliphatic rings. The molecule has 32 heavy (non-hydrogen) atoms. The predicted molar refractivity (Wildman–Crippen MR) is 126 cm³/mol. The molecular formula is C20H7Br4ClNa2O5. The summed E-state index contributed by atoms with van der Waals surface area (Å²) in [5, 5.41) is 24.7. The Bertz CT molecular complexity index is 1380. The zero-order valence-electron chi connectivity index (χ0n) is 16.4. The van der Waals surface area contributed by atoms with Gasteiger partial charge in [-0.15, -0.1) is 12.4 Å². The van der Waals surface area contributed by atoms with Crippen LogP contribution in [0.3, 0.4) is 0 Å². The van der Waals surface area contributed by atoms with Crippen LogP contribution in [-0.4, -0.2) is 5.97 Å². The standard InChI is InChI=1S/C20H8Br4O5.ClH.2Na/c21-11-5-9-13(7-3-1-2-4-8(7)20(27)28)10-6-12(22)17(26)15(24)19(10)29-18(9)14(23)16(11)25;;;/h1-6,25H,(H,27,28);1H;;/q;;2*+1/p-2. The molecule has 12 heteroatoms. The van der Waals surface area contributed by atoms with Crippen LogP contribution < -0.4 is 74.8 Å². The molecule has 0 saturated carbocycles. The molecule has 0 unspecified atom stereocenters. The van der Waals surface area contributed by atoms with Gasteiger partial charge in [0.1, 0.15) is 10.1 Å². The van der Waals surface area contributed by atoms with E-state index in [1.807, 2.05) is 0 Å². The van der Waals surface area contributed by atoms with Gasteiger partial charge in [-0.2, -0.15) is 0 Å². The van der Waals surface area contributed by atoms with Crippen molar-refractivity contribution in [1.29, 1.82) is 0 Å². The van der Waals surface area contributed by atoms with Gasteiger partial charge in [0, 0.05) is 26.5 Å². The van der Waals surface area contributed by atoms with Crippen LogP contribution in [0.4, 0.5) is 0 Å². The van der Waals surface area contributed by atoms with Crippen LogP contribution in [0.1, 0.15) is 10.4 Å². The van der Waals surface area contributed by atoms with Crippen molar-refractivity contribution in [2.24, 2.45) is 0 Å². The number of carboxylic acids is 1. The number of carbonyl (C=O) groups is 1. The van der Waals surface area contributed by atoms with E-state index >= 15 is 0 Å². The summed E-state index contributed by atoms with van der Waals surface area (Å²) in [7, 11) is 0. The molecule has 0 atom stereocenters. The molecule has 1 aliphatic heterocycles. The van der Waals surface area contributed by atoms with Gasteiger partial charge >= 0.3 is 59.1 Å². The van der Waals surface area contributed by atoms with Crippen LogP contribution in [0.2, 0.25) is 0 Å². The summed E-state index contributed by atoms with van der Waals surface area (Å²) in [4.78, 5) is 24.2. The third kappa shape index (κ3) is 5.23. The van der Waals surface area contributed by atoms with Crippen molar-refractivity contribution in [2.45, 2.75) is 0 Å². The number of fused-ring (bicyclic) bond motifs is 2. The van der Waals surface area contributed by atoms with Crippen molar-refractivity contribution < 1.29 is 78.5 Å². The fraction of sp³-hybridized carbons (Fsp3) is 0. The number of aromatic carboxylic acids is 1. The third-order valence-electron chi connectivity index (χ3n) is 4.42. The van der Waals surface area contributed by atoms with E-state index in [-0.39, 0.29) is 117 Å². The van der Waals surface area contributed by atoms with E-state index in [0.29, 0.717) is 22.1 Å². The van der Waals surface area contributed by atoms with Gasteiger partial charge in [-0.1, -0.05) is 45.9 Å². The monoisotopic (exact) mass is 724 g/mol. The first kappa shape index (κ1) is 30.6. The maximum atomic E-state index is 12.4. The van der Waals surface area contributed by atoms with Gasteiger partial charge in [0.05, 0.1) is 14.9 Å². The molecule has 0 N–H and O–H groups in total. The van der Waals surface area contributed by atoms with Crippen molar-refractivity contribution in [2.75, 3.05) is 0 Å². The molecule has 2 aromatic rings. The largest absolute Gasteiger partial charge is 1.00 e. The van der Waals surface area contributed by atoms with Crippen LogP contribution in [0, 0.1) is 0 Å². The molecule has 0 bridgehead atoms. The fourth-order valence-electron chi connectivity index (χ4n) is 3.16. The van der Waals surface area contributed by atoms with E-state index < -0.39 is 5.97 Å². The van der Waals surface area contributed by atoms with Crippen LogP contribution >= 0.6 is 76.1 Å². The number of hydrogen-bond donors (Lipinski definition) is 0. The Morgan fingerprint density at radius 2 is 1.53 bits per heavy atom. The summed E-state index contributed by atoms with van der Waals surface area (Å²) in [6, 6.07) is 9.50. The first-order valence-electron chi connectivity index (χ1n) is 7.96. The summed E-state index contributed by atoms with van der Waals surface area (Å²) in [6.07, 6.45) is 0. The molecule has 1 heterocycles. The Morgan fingerprint density at radius 3 is 2.16 bits per heavy atom. The number of benzene rings is 3. The maximum absolute atomic E-state index is 12.4. The number of halogens is 5. The number of carboxylic acid groups (broad SMARTS) is 1. The normalized spacial score (nSPS) is 10.2. The van der Waals surface area contributed by atoms with Crippen molar-refractivity contribution in [3.05, 3.63) is 70.1 Å². The van der Waals surface area contributed by atoms with E-state index in [1.54, 1.807) is 30.3 Å². The average molecular weight is 728 g/mol. The Kier molecular flexibility index (Phi) is 11.5. The molecule has 1 aliphatic carbocycles. The van der Waals surface area contributed by atoms with Gasteiger partial charge in [-0.3, -0.25) is 4.79 Å². The number of rotatable bonds is 2. The van der Waals surface area contributed by atoms with E-state index in [1.165, 1.54) is 6.07 Å². The molecule has 0 aromatic heterocycles. The molecule has 154 valence electrons. The zero-order valence-corrected chi connectivity index (χ0v) is 27.6. The van der Waals surface area contributed by atoms with Gasteiger partial charge in [-0.25, -0.2) is 0 Å². The Labute approximate surface area is 266 Å². The average Bonchev–Trinajstić information content (AvgIpc) is 2.69. The summed E-state index contributed by atoms with van der Waals surface area (Å²) in [5.74, 6) is -1.49. The first-order valence-corrected chi connectivity index (χ1v) is 11.1. The van der Waals surface area contributed by atoms with Gasteiger partial charge < -0.3 is 19.4 Å². The van der Waals surface area contributed by atoms with Crippen LogP contribution in [0.15, 0.2) is 63.5 Å². The zero-order chi connectivity index (χ0) is 21.0. The molecule has 0 spiro atoms. The maximum Gasteiger partial charge on any atom is 1.00 e. The van der Waals surface area contributed by atoms with Crippen molar-refractivity contribution in [3.8, 4) is 28.2 Å². The SMILES string of the molecule is Cl.O=C([O-])c1ccccc1-c1c2cc(Br)c(=O)c(Br)c-2oc2c(Br)c([O-])c(Br)cc12.[Na+].[Na+]. The van der Waals surface area contributed by atoms with E-state index in [9.17, 15) is 19.8 Å². The molecular weight excluding hydrogens is 721 g/mol. The van der Waals surface area contributed by atoms with Crippen molar-refractivity contribution >= 4 is 93.1 Å². The van der Waals surface area contributed by atoms with Gasteiger partial charge in [0.15, 0.2) is 5.76 Å². The second-order valence-corrected chi connectivity index (χ2v) is 9.36. The quantitative estimate of drug-likeness (QED) is 0.205. The predicted octanol–water partition coefficient (Wildman–Crippen LogP) is -0.518. The van der Waals surface area contributed by atoms with E-state index in [2.05, 4.69) is 63.7 Å². The van der Waals surface area contributed by atoms with E-state index in [4.69, 9.17) is 4.42 Å². The van der Waals surface area contributed by atoms with Crippen LogP contribution in [-0.2, 0) is 0 Å². The second kappa shape index (κ2) is 12.0. The molecule has 0 amide bonds. The topological polar surface area (TPSA) is 93.4 Å². The van der Waals surface area contributed by atoms with Gasteiger partial charge in [0.25, 0.3) is 0 Å². The van der Waals surface area contributed by atoms with Crippen LogP contribution in [0.5, 0.6) is 5.75 Å². The second-order valence-electron chi connectivity index (χ2n) is 6.07. The fourth-order valence-corrected chi connectivity index (χ4v) is 5.56. The van der Waals surface area contributed by atoms with Gasteiger partial charge in [0.2, 0.25) is 5.43 Å². The molecule has 0 radical (unpaired) electrons. The Hall–Kier alpha value is 0.610. The Morgan fingerprint density at radius 1 is 0.906 bits per heavy atom. The van der Waals surface area contributed by atoms with Crippen molar-refractivity contribution in [1.82, 2.24) is 0 Å². The first-order chi connectivity index (χ1) is 13.7. The van der Waals surface area contributed by atoms with E-state index in [0.717, 1.165) is 0 Å². The number of carbonyl (C=O) groups excluding carboxylic acids is 1. The summed E-state index contributed by atoms with van der Waals surface area (Å²) in [6.45, 7) is 0. The summed E-state index contributed by atoms with van der Waals surface area (Å²) < 4.78 is 6.80.